The Morgan fingerprint density at radius 1 is 0.214 bits per heavy atom. The predicted molar refractivity (Wildman–Crippen MR) is 95.8 cm³/mol. The van der Waals surface area contributed by atoms with Crippen molar-refractivity contribution in [1.82, 2.24) is 0 Å². The third kappa shape index (κ3) is 102. The molecule has 0 N–H and O–H groups in total. The number of rotatable bonds is 10. The van der Waals surface area contributed by atoms with E-state index in [0.29, 0.717) is 60.8 Å². The summed E-state index contributed by atoms with van der Waals surface area (Å²) in [4.78, 5) is 94.1. The number of aliphatic carboxylic acids is 10. The maximum atomic E-state index is 9.41. The van der Waals surface area contributed by atoms with Crippen molar-refractivity contribution in [1.29, 1.82) is 0 Å². The van der Waals surface area contributed by atoms with Gasteiger partial charge in [-0.2, -0.15) is 0 Å². The minimum atomic E-state index is -1.55. The molecule has 20 nitrogen and oxygen atoms in total. The Kier molecular flexibility index (Phi) is 44.8. The molecule has 22 heteroatoms. The molecule has 0 unspecified atom stereocenters. The summed E-state index contributed by atoms with van der Waals surface area (Å²) in [6.07, 6.45) is 3.84. The Morgan fingerprint density at radius 2 is 0.262 bits per heavy atom. The molecular formula is C20H10O20V2-10. The molecule has 0 aromatic rings. The van der Waals surface area contributed by atoms with E-state index in [1.54, 1.807) is 0 Å². The molecule has 0 saturated carbocycles. The van der Waals surface area contributed by atoms with E-state index < -0.39 is 59.7 Å². The van der Waals surface area contributed by atoms with Crippen molar-refractivity contribution < 1.29 is 136 Å². The van der Waals surface area contributed by atoms with Crippen molar-refractivity contribution in [3.05, 3.63) is 60.8 Å². The van der Waals surface area contributed by atoms with Crippen LogP contribution in [0.3, 0.4) is 0 Å². The molecule has 2 radical (unpaired) electrons. The molecule has 0 spiro atoms. The molecule has 0 aliphatic heterocycles. The second-order valence-electron chi connectivity index (χ2n) is 4.86. The minimum absolute atomic E-state index is 0. The number of carbonyl (C=O) groups excluding carboxylic acids is 10. The van der Waals surface area contributed by atoms with Gasteiger partial charge < -0.3 is 99.0 Å². The van der Waals surface area contributed by atoms with Crippen LogP contribution in [0.15, 0.2) is 60.8 Å². The molecule has 0 aromatic carbocycles. The number of hydrogen-bond donors (Lipinski definition) is 0. The molecule has 0 saturated heterocycles. The standard InChI is InChI=1S/5C4H4O4.2V/c5*5-3(6)1-2-4(7)8;;/h5*1-2H,(H,5,6)(H,7,8);;/p-10/b5*2-1+;;. The fraction of sp³-hybridized carbons (Fsp3) is 0. The monoisotopic (exact) mass is 672 g/mol. The van der Waals surface area contributed by atoms with Gasteiger partial charge in [-0.25, -0.2) is 0 Å². The van der Waals surface area contributed by atoms with E-state index in [4.69, 9.17) is 0 Å². The van der Waals surface area contributed by atoms with Crippen molar-refractivity contribution in [3.8, 4) is 0 Å². The topological polar surface area (TPSA) is 401 Å². The van der Waals surface area contributed by atoms with Crippen molar-refractivity contribution in [2.45, 2.75) is 0 Å². The average Bonchev–Trinajstić information content (AvgIpc) is 2.79. The van der Waals surface area contributed by atoms with Gasteiger partial charge in [0.25, 0.3) is 0 Å². The smallest absolute Gasteiger partial charge is 0.0643 e. The van der Waals surface area contributed by atoms with Gasteiger partial charge >= 0.3 is 0 Å². The average molecular weight is 672 g/mol. The summed E-state index contributed by atoms with van der Waals surface area (Å²) in [6, 6.07) is 0. The van der Waals surface area contributed by atoms with Crippen LogP contribution in [-0.2, 0) is 85.1 Å². The Hall–Kier alpha value is -5.43. The van der Waals surface area contributed by atoms with Crippen LogP contribution in [0.4, 0.5) is 0 Å². The SMILES string of the molecule is O=C([O-])/C=C/C(=O)[O-].O=C([O-])/C=C/C(=O)[O-].O=C([O-])/C=C/C(=O)[O-].O=C([O-])/C=C/C(=O)[O-].O=C([O-])/C=C/C(=O)[O-].[V].[V]. The second-order valence-corrected chi connectivity index (χ2v) is 4.86. The number of carbonyl (C=O) groups is 10. The van der Waals surface area contributed by atoms with Crippen molar-refractivity contribution in [3.63, 3.8) is 0 Å². The first-order valence-electron chi connectivity index (χ1n) is 8.64. The summed E-state index contributed by atoms with van der Waals surface area (Å²) < 4.78 is 0. The molecular weight excluding hydrogens is 662 g/mol. The first-order valence-corrected chi connectivity index (χ1v) is 8.64. The summed E-state index contributed by atoms with van der Waals surface area (Å²) >= 11 is 0. The van der Waals surface area contributed by atoms with E-state index in [1.807, 2.05) is 0 Å². The maximum Gasteiger partial charge on any atom is 0.0643 e. The van der Waals surface area contributed by atoms with E-state index in [0.717, 1.165) is 0 Å². The maximum absolute atomic E-state index is 9.41. The second kappa shape index (κ2) is 35.6. The van der Waals surface area contributed by atoms with Crippen LogP contribution >= 0.6 is 0 Å². The molecule has 0 atom stereocenters. The summed E-state index contributed by atoms with van der Waals surface area (Å²) in [5.74, 6) is -15.5. The molecule has 0 fully saturated rings. The quantitative estimate of drug-likeness (QED) is 0.194. The first-order chi connectivity index (χ1) is 18.1. The van der Waals surface area contributed by atoms with Crippen LogP contribution in [0.5, 0.6) is 0 Å². The van der Waals surface area contributed by atoms with E-state index >= 15 is 0 Å². The number of carboxylic acids is 10. The molecule has 0 amide bonds. The molecule has 42 heavy (non-hydrogen) atoms. The fourth-order valence-electron chi connectivity index (χ4n) is 0.680. The minimum Gasteiger partial charge on any atom is -0.545 e. The van der Waals surface area contributed by atoms with Gasteiger partial charge in [-0.05, 0) is 60.8 Å². The zero-order valence-electron chi connectivity index (χ0n) is 19.8. The predicted octanol–water partition coefficient (Wildman–Crippen LogP) is -14.8. The van der Waals surface area contributed by atoms with E-state index in [-0.39, 0.29) is 37.1 Å². The molecule has 230 valence electrons. The van der Waals surface area contributed by atoms with E-state index in [1.165, 1.54) is 0 Å². The van der Waals surface area contributed by atoms with E-state index in [9.17, 15) is 99.0 Å². The molecule has 0 aromatic heterocycles. The van der Waals surface area contributed by atoms with Crippen LogP contribution in [0.25, 0.3) is 0 Å². The van der Waals surface area contributed by atoms with Crippen LogP contribution < -0.4 is 51.1 Å². The zero-order chi connectivity index (χ0) is 32.8. The molecule has 0 bridgehead atoms. The summed E-state index contributed by atoms with van der Waals surface area (Å²) in [7, 11) is 0. The van der Waals surface area contributed by atoms with Gasteiger partial charge in [-0.3, -0.25) is 0 Å². The van der Waals surface area contributed by atoms with Crippen molar-refractivity contribution in [2.24, 2.45) is 0 Å². The van der Waals surface area contributed by atoms with Gasteiger partial charge in [0, 0.05) is 37.1 Å². The number of hydrogen-bond acceptors (Lipinski definition) is 20. The van der Waals surface area contributed by atoms with Gasteiger partial charge in [-0.15, -0.1) is 0 Å². The normalized spacial score (nSPS) is 9.05. The van der Waals surface area contributed by atoms with Crippen molar-refractivity contribution >= 4 is 59.7 Å². The van der Waals surface area contributed by atoms with Crippen LogP contribution in [-0.4, -0.2) is 59.7 Å². The van der Waals surface area contributed by atoms with Gasteiger partial charge in [0.2, 0.25) is 0 Å². The summed E-state index contributed by atoms with van der Waals surface area (Å²) in [5.41, 5.74) is 0. The molecule has 0 aliphatic carbocycles. The third-order valence-electron chi connectivity index (χ3n) is 1.78. The Bertz CT molecular complexity index is 804. The largest absolute Gasteiger partial charge is 0.545 e. The Balaban J connectivity index is -0.0000000721. The third-order valence-corrected chi connectivity index (χ3v) is 1.78. The van der Waals surface area contributed by atoms with Gasteiger partial charge in [0.05, 0.1) is 59.7 Å². The molecule has 0 rings (SSSR count). The van der Waals surface area contributed by atoms with Gasteiger partial charge in [0.15, 0.2) is 0 Å². The summed E-state index contributed by atoms with van der Waals surface area (Å²) in [6.45, 7) is 0. The van der Waals surface area contributed by atoms with Crippen molar-refractivity contribution in [2.75, 3.05) is 0 Å². The first kappa shape index (κ1) is 52.9. The molecule has 0 heterocycles. The Morgan fingerprint density at radius 3 is 0.286 bits per heavy atom. The zero-order valence-corrected chi connectivity index (χ0v) is 22.6. The Labute approximate surface area is 256 Å². The van der Waals surface area contributed by atoms with Crippen LogP contribution in [0, 0.1) is 0 Å². The summed E-state index contributed by atoms with van der Waals surface area (Å²) in [5, 5.41) is 94.1. The van der Waals surface area contributed by atoms with Gasteiger partial charge in [0.1, 0.15) is 0 Å². The van der Waals surface area contributed by atoms with E-state index in [2.05, 4.69) is 0 Å². The number of carboxylic acid groups (broad SMARTS) is 10. The van der Waals surface area contributed by atoms with Crippen LogP contribution in [0.1, 0.15) is 0 Å². The molecule has 0 aliphatic rings. The van der Waals surface area contributed by atoms with Gasteiger partial charge in [-0.1, -0.05) is 0 Å². The fourth-order valence-corrected chi connectivity index (χ4v) is 0.680. The van der Waals surface area contributed by atoms with Crippen LogP contribution in [0.2, 0.25) is 0 Å².